The van der Waals surface area contributed by atoms with Crippen LogP contribution < -0.4 is 5.32 Å². The highest BCUT2D eigenvalue weighted by molar-refractivity contribution is 7.90. The molecule has 1 heterocycles. The first-order chi connectivity index (χ1) is 12.7. The Morgan fingerprint density at radius 3 is 2.56 bits per heavy atom. The van der Waals surface area contributed by atoms with Gasteiger partial charge in [0, 0.05) is 25.3 Å². The van der Waals surface area contributed by atoms with Gasteiger partial charge in [0.15, 0.2) is 21.5 Å². The van der Waals surface area contributed by atoms with E-state index in [4.69, 9.17) is 0 Å². The van der Waals surface area contributed by atoms with Crippen LogP contribution in [-0.4, -0.2) is 45.6 Å². The van der Waals surface area contributed by atoms with Gasteiger partial charge < -0.3 is 10.2 Å². The van der Waals surface area contributed by atoms with E-state index in [2.05, 4.69) is 5.32 Å². The zero-order chi connectivity index (χ0) is 19.8. The number of likely N-dealkylation sites (N-methyl/N-ethyl adjacent to an activating group) is 1. The van der Waals surface area contributed by atoms with Crippen molar-refractivity contribution in [3.63, 3.8) is 0 Å². The van der Waals surface area contributed by atoms with Crippen molar-refractivity contribution in [1.82, 2.24) is 4.90 Å². The first-order valence-electron chi connectivity index (χ1n) is 8.40. The summed E-state index contributed by atoms with van der Waals surface area (Å²) in [6.45, 7) is 0.980. The van der Waals surface area contributed by atoms with E-state index in [1.54, 1.807) is 18.2 Å². The maximum Gasteiger partial charge on any atom is 0.229 e. The van der Waals surface area contributed by atoms with E-state index < -0.39 is 33.3 Å². The molecule has 0 aromatic heterocycles. The molecule has 1 amide bonds. The zero-order valence-electron chi connectivity index (χ0n) is 14.9. The fourth-order valence-corrected chi connectivity index (χ4v) is 4.08. The van der Waals surface area contributed by atoms with Gasteiger partial charge in [-0.3, -0.25) is 4.79 Å². The topological polar surface area (TPSA) is 66.5 Å². The van der Waals surface area contributed by atoms with Crippen LogP contribution in [0.1, 0.15) is 11.5 Å². The summed E-state index contributed by atoms with van der Waals surface area (Å²) in [7, 11) is -1.52. The number of halogens is 2. The molecule has 0 spiro atoms. The Hall–Kier alpha value is -2.32. The fraction of sp³-hybridized carbons (Fsp3) is 0.316. The largest absolute Gasteiger partial charge is 0.323 e. The number of anilines is 1. The SMILES string of the molecule is CN1C[C@H](C(=O)Nc2cccc(F)c2F)[C@@H](c2cccc(S(C)(=O)=O)c2)C1. The number of amides is 1. The van der Waals surface area contributed by atoms with Gasteiger partial charge in [0.2, 0.25) is 5.91 Å². The summed E-state index contributed by atoms with van der Waals surface area (Å²) < 4.78 is 50.9. The molecule has 2 atom stereocenters. The number of nitrogens with zero attached hydrogens (tertiary/aromatic N) is 1. The maximum absolute atomic E-state index is 13.9. The Kier molecular flexibility index (Phi) is 5.30. The number of hydrogen-bond acceptors (Lipinski definition) is 4. The number of likely N-dealkylation sites (tertiary alicyclic amines) is 1. The van der Waals surface area contributed by atoms with E-state index in [9.17, 15) is 22.0 Å². The van der Waals surface area contributed by atoms with Gasteiger partial charge >= 0.3 is 0 Å². The van der Waals surface area contributed by atoms with Crippen molar-refractivity contribution in [1.29, 1.82) is 0 Å². The number of carbonyl (C=O) groups excluding carboxylic acids is 1. The molecule has 1 fully saturated rings. The molecule has 2 aromatic rings. The molecule has 0 aliphatic carbocycles. The summed E-state index contributed by atoms with van der Waals surface area (Å²) >= 11 is 0. The van der Waals surface area contributed by atoms with E-state index in [1.807, 2.05) is 11.9 Å². The van der Waals surface area contributed by atoms with Crippen LogP contribution in [0.3, 0.4) is 0 Å². The Balaban J connectivity index is 1.88. The summed E-state index contributed by atoms with van der Waals surface area (Å²) in [4.78, 5) is 14.9. The smallest absolute Gasteiger partial charge is 0.229 e. The lowest BCUT2D eigenvalue weighted by Crippen LogP contribution is -2.28. The molecule has 1 saturated heterocycles. The van der Waals surface area contributed by atoms with Crippen LogP contribution in [0.2, 0.25) is 0 Å². The third kappa shape index (κ3) is 4.17. The van der Waals surface area contributed by atoms with Crippen LogP contribution in [0.5, 0.6) is 0 Å². The molecule has 1 aliphatic rings. The molecule has 0 saturated carbocycles. The Morgan fingerprint density at radius 2 is 1.85 bits per heavy atom. The standard InChI is InChI=1S/C19H20F2N2O3S/c1-23-10-14(12-5-3-6-13(9-12)27(2,25)26)15(11-23)19(24)22-17-8-4-7-16(20)18(17)21/h3-9,14-15H,10-11H2,1-2H3,(H,22,24)/t14-,15+/m1/s1. The van der Waals surface area contributed by atoms with Crippen LogP contribution in [0.4, 0.5) is 14.5 Å². The van der Waals surface area contributed by atoms with Gasteiger partial charge in [-0.05, 0) is 36.9 Å². The first-order valence-corrected chi connectivity index (χ1v) is 10.3. The summed E-state index contributed by atoms with van der Waals surface area (Å²) in [5.41, 5.74) is 0.514. The summed E-state index contributed by atoms with van der Waals surface area (Å²) in [5, 5.41) is 2.46. The van der Waals surface area contributed by atoms with Crippen LogP contribution >= 0.6 is 0 Å². The third-order valence-electron chi connectivity index (χ3n) is 4.76. The van der Waals surface area contributed by atoms with Crippen LogP contribution in [0.15, 0.2) is 47.4 Å². The van der Waals surface area contributed by atoms with Crippen LogP contribution in [0.25, 0.3) is 0 Å². The second-order valence-electron chi connectivity index (χ2n) is 6.87. The summed E-state index contributed by atoms with van der Waals surface area (Å²) in [6, 6.07) is 10.1. The Labute approximate surface area is 156 Å². The molecule has 0 radical (unpaired) electrons. The van der Waals surface area contributed by atoms with E-state index in [-0.39, 0.29) is 16.5 Å². The van der Waals surface area contributed by atoms with Gasteiger partial charge in [-0.25, -0.2) is 17.2 Å². The van der Waals surface area contributed by atoms with E-state index >= 15 is 0 Å². The quantitative estimate of drug-likeness (QED) is 0.866. The molecule has 3 rings (SSSR count). The highest BCUT2D eigenvalue weighted by Gasteiger charge is 2.37. The second kappa shape index (κ2) is 7.36. The predicted octanol–water partition coefficient (Wildman–Crippen LogP) is 2.65. The van der Waals surface area contributed by atoms with Crippen molar-refractivity contribution in [3.05, 3.63) is 59.7 Å². The average molecular weight is 394 g/mol. The lowest BCUT2D eigenvalue weighted by atomic mass is 9.88. The van der Waals surface area contributed by atoms with Crippen molar-refractivity contribution in [2.75, 3.05) is 31.7 Å². The molecular weight excluding hydrogens is 374 g/mol. The second-order valence-corrected chi connectivity index (χ2v) is 8.89. The van der Waals surface area contributed by atoms with Crippen molar-refractivity contribution < 1.29 is 22.0 Å². The molecule has 0 unspecified atom stereocenters. The molecule has 144 valence electrons. The molecule has 5 nitrogen and oxygen atoms in total. The number of hydrogen-bond donors (Lipinski definition) is 1. The fourth-order valence-electron chi connectivity index (χ4n) is 3.41. The zero-order valence-corrected chi connectivity index (χ0v) is 15.8. The molecule has 1 aliphatic heterocycles. The highest BCUT2D eigenvalue weighted by atomic mass is 32.2. The average Bonchev–Trinajstić information content (AvgIpc) is 3.00. The summed E-state index contributed by atoms with van der Waals surface area (Å²) in [5.74, 6) is -3.35. The minimum atomic E-state index is -3.37. The Morgan fingerprint density at radius 1 is 1.15 bits per heavy atom. The predicted molar refractivity (Wildman–Crippen MR) is 98.3 cm³/mol. The van der Waals surface area contributed by atoms with Gasteiger partial charge in [-0.2, -0.15) is 0 Å². The van der Waals surface area contributed by atoms with Crippen molar-refractivity contribution in [2.45, 2.75) is 10.8 Å². The molecule has 27 heavy (non-hydrogen) atoms. The maximum atomic E-state index is 13.9. The van der Waals surface area contributed by atoms with Gasteiger partial charge in [0.1, 0.15) is 0 Å². The molecule has 0 bridgehead atoms. The van der Waals surface area contributed by atoms with E-state index in [0.717, 1.165) is 17.9 Å². The summed E-state index contributed by atoms with van der Waals surface area (Å²) in [6.07, 6.45) is 1.13. The minimum Gasteiger partial charge on any atom is -0.323 e. The highest BCUT2D eigenvalue weighted by Crippen LogP contribution is 2.34. The lowest BCUT2D eigenvalue weighted by molar-refractivity contribution is -0.119. The van der Waals surface area contributed by atoms with Crippen molar-refractivity contribution in [2.24, 2.45) is 5.92 Å². The van der Waals surface area contributed by atoms with Crippen LogP contribution in [0, 0.1) is 17.6 Å². The molecule has 1 N–H and O–H groups in total. The van der Waals surface area contributed by atoms with Gasteiger partial charge in [0.05, 0.1) is 16.5 Å². The normalized spacial score (nSPS) is 20.6. The van der Waals surface area contributed by atoms with E-state index in [0.29, 0.717) is 13.1 Å². The van der Waals surface area contributed by atoms with Gasteiger partial charge in [0.25, 0.3) is 0 Å². The monoisotopic (exact) mass is 394 g/mol. The number of nitrogens with one attached hydrogen (secondary N) is 1. The number of rotatable bonds is 4. The lowest BCUT2D eigenvalue weighted by Gasteiger charge is -2.19. The van der Waals surface area contributed by atoms with Gasteiger partial charge in [-0.15, -0.1) is 0 Å². The van der Waals surface area contributed by atoms with Crippen molar-refractivity contribution in [3.8, 4) is 0 Å². The van der Waals surface area contributed by atoms with Gasteiger partial charge in [-0.1, -0.05) is 18.2 Å². The van der Waals surface area contributed by atoms with Crippen LogP contribution in [-0.2, 0) is 14.6 Å². The molecule has 8 heteroatoms. The van der Waals surface area contributed by atoms with Crippen molar-refractivity contribution >= 4 is 21.4 Å². The van der Waals surface area contributed by atoms with E-state index in [1.165, 1.54) is 18.2 Å². The molecular formula is C19H20F2N2O3S. The Bertz CT molecular complexity index is 979. The number of sulfone groups is 1. The number of benzene rings is 2. The first kappa shape index (κ1) is 19.4. The minimum absolute atomic E-state index is 0.185. The third-order valence-corrected chi connectivity index (χ3v) is 5.87. The number of carbonyl (C=O) groups is 1. The molecule has 2 aromatic carbocycles.